The summed E-state index contributed by atoms with van der Waals surface area (Å²) in [6, 6.07) is 1.96. The summed E-state index contributed by atoms with van der Waals surface area (Å²) < 4.78 is 27.9. The van der Waals surface area contributed by atoms with Gasteiger partial charge in [0, 0.05) is 37.1 Å². The van der Waals surface area contributed by atoms with Crippen LogP contribution in [0.4, 0.5) is 8.78 Å². The Morgan fingerprint density at radius 1 is 1.33 bits per heavy atom. The van der Waals surface area contributed by atoms with Gasteiger partial charge in [-0.2, -0.15) is 10.2 Å². The molecule has 0 spiro atoms. The van der Waals surface area contributed by atoms with Crippen molar-refractivity contribution in [3.05, 3.63) is 35.4 Å². The maximum absolute atomic E-state index is 12.3. The molecule has 21 heavy (non-hydrogen) atoms. The molecule has 0 unspecified atom stereocenters. The van der Waals surface area contributed by atoms with Gasteiger partial charge in [0.1, 0.15) is 6.54 Å². The van der Waals surface area contributed by atoms with Crippen molar-refractivity contribution in [1.29, 1.82) is 0 Å². The largest absolute Gasteiger partial charge is 0.307 e. The predicted octanol–water partition coefficient (Wildman–Crippen LogP) is 2.38. The second kappa shape index (κ2) is 8.09. The molecule has 2 aromatic heterocycles. The molecule has 0 aromatic carbocycles. The minimum absolute atomic E-state index is 0. The van der Waals surface area contributed by atoms with Crippen molar-refractivity contribution in [2.24, 2.45) is 0 Å². The van der Waals surface area contributed by atoms with Crippen LogP contribution >= 0.6 is 12.4 Å². The van der Waals surface area contributed by atoms with Gasteiger partial charge in [-0.05, 0) is 19.9 Å². The van der Waals surface area contributed by atoms with Crippen molar-refractivity contribution in [2.75, 3.05) is 0 Å². The van der Waals surface area contributed by atoms with E-state index in [2.05, 4.69) is 15.5 Å². The van der Waals surface area contributed by atoms with Crippen molar-refractivity contribution >= 4 is 12.4 Å². The molecule has 5 nitrogen and oxygen atoms in total. The fourth-order valence-electron chi connectivity index (χ4n) is 1.97. The summed E-state index contributed by atoms with van der Waals surface area (Å²) in [5.41, 5.74) is 2.67. The van der Waals surface area contributed by atoms with Crippen LogP contribution in [0.25, 0.3) is 0 Å². The fourth-order valence-corrected chi connectivity index (χ4v) is 1.97. The molecule has 118 valence electrons. The molecule has 0 aliphatic rings. The molecule has 2 rings (SSSR count). The fraction of sp³-hybridized carbons (Fsp3) is 0.538. The van der Waals surface area contributed by atoms with Crippen molar-refractivity contribution in [1.82, 2.24) is 24.9 Å². The minimum Gasteiger partial charge on any atom is -0.307 e. The first-order valence-corrected chi connectivity index (χ1v) is 6.62. The van der Waals surface area contributed by atoms with Crippen LogP contribution in [0.1, 0.15) is 23.9 Å². The molecular weight excluding hydrogens is 300 g/mol. The summed E-state index contributed by atoms with van der Waals surface area (Å²) in [4.78, 5) is 0. The SMILES string of the molecule is CCn1ccc(CNCc2cnn(CC(F)F)c2C)n1.Cl. The Morgan fingerprint density at radius 2 is 2.10 bits per heavy atom. The number of aromatic nitrogens is 4. The molecule has 0 atom stereocenters. The van der Waals surface area contributed by atoms with Crippen LogP contribution in [0.2, 0.25) is 0 Å². The second-order valence-corrected chi connectivity index (χ2v) is 4.59. The number of hydrogen-bond acceptors (Lipinski definition) is 3. The van der Waals surface area contributed by atoms with Crippen LogP contribution in [0, 0.1) is 6.92 Å². The molecule has 2 heterocycles. The van der Waals surface area contributed by atoms with Gasteiger partial charge >= 0.3 is 0 Å². The Kier molecular flexibility index (Phi) is 6.77. The normalized spacial score (nSPS) is 10.9. The van der Waals surface area contributed by atoms with Crippen LogP contribution in [-0.2, 0) is 26.2 Å². The van der Waals surface area contributed by atoms with Crippen LogP contribution < -0.4 is 5.32 Å². The number of alkyl halides is 2. The number of aryl methyl sites for hydroxylation is 1. The van der Waals surface area contributed by atoms with Crippen LogP contribution in [0.3, 0.4) is 0 Å². The maximum atomic E-state index is 12.3. The molecule has 0 bridgehead atoms. The van der Waals surface area contributed by atoms with E-state index in [1.54, 1.807) is 13.1 Å². The van der Waals surface area contributed by atoms with E-state index in [9.17, 15) is 8.78 Å². The van der Waals surface area contributed by atoms with E-state index in [0.29, 0.717) is 13.1 Å². The first-order chi connectivity index (χ1) is 9.60. The van der Waals surface area contributed by atoms with Crippen molar-refractivity contribution < 1.29 is 8.78 Å². The Hall–Kier alpha value is -1.47. The predicted molar refractivity (Wildman–Crippen MR) is 78.7 cm³/mol. The lowest BCUT2D eigenvalue weighted by Crippen LogP contribution is -2.15. The summed E-state index contributed by atoms with van der Waals surface area (Å²) >= 11 is 0. The van der Waals surface area contributed by atoms with E-state index in [1.807, 2.05) is 23.9 Å². The molecule has 1 N–H and O–H groups in total. The molecule has 0 saturated carbocycles. The lowest BCUT2D eigenvalue weighted by molar-refractivity contribution is 0.121. The van der Waals surface area contributed by atoms with Crippen molar-refractivity contribution in [3.8, 4) is 0 Å². The topological polar surface area (TPSA) is 47.7 Å². The molecule has 0 aliphatic carbocycles. The Labute approximate surface area is 128 Å². The molecule has 0 aliphatic heterocycles. The molecule has 2 aromatic rings. The minimum atomic E-state index is -2.38. The summed E-state index contributed by atoms with van der Waals surface area (Å²) in [6.45, 7) is 5.57. The van der Waals surface area contributed by atoms with E-state index in [-0.39, 0.29) is 19.0 Å². The highest BCUT2D eigenvalue weighted by atomic mass is 35.5. The molecular formula is C13H20ClF2N5. The maximum Gasteiger partial charge on any atom is 0.257 e. The molecule has 8 heteroatoms. The van der Waals surface area contributed by atoms with Gasteiger partial charge in [0.2, 0.25) is 0 Å². The first-order valence-electron chi connectivity index (χ1n) is 6.62. The third kappa shape index (κ3) is 4.78. The lowest BCUT2D eigenvalue weighted by atomic mass is 10.2. The van der Waals surface area contributed by atoms with Crippen LogP contribution in [0.15, 0.2) is 18.5 Å². The number of nitrogens with one attached hydrogen (secondary N) is 1. The number of nitrogens with zero attached hydrogens (tertiary/aromatic N) is 4. The van der Waals surface area contributed by atoms with E-state index in [1.165, 1.54) is 4.68 Å². The zero-order chi connectivity index (χ0) is 14.5. The van der Waals surface area contributed by atoms with Gasteiger partial charge in [0.15, 0.2) is 0 Å². The third-order valence-electron chi connectivity index (χ3n) is 3.16. The van der Waals surface area contributed by atoms with Gasteiger partial charge in [-0.15, -0.1) is 12.4 Å². The van der Waals surface area contributed by atoms with Crippen molar-refractivity contribution in [3.63, 3.8) is 0 Å². The zero-order valence-corrected chi connectivity index (χ0v) is 12.9. The monoisotopic (exact) mass is 319 g/mol. The Bertz CT molecular complexity index is 553. The number of rotatable bonds is 7. The average molecular weight is 320 g/mol. The van der Waals surface area contributed by atoms with E-state index < -0.39 is 6.43 Å². The Morgan fingerprint density at radius 3 is 2.71 bits per heavy atom. The summed E-state index contributed by atoms with van der Waals surface area (Å²) in [6.07, 6.45) is 1.19. The van der Waals surface area contributed by atoms with Gasteiger partial charge in [0.05, 0.1) is 11.9 Å². The highest BCUT2D eigenvalue weighted by Gasteiger charge is 2.10. The van der Waals surface area contributed by atoms with Gasteiger partial charge in [-0.3, -0.25) is 9.36 Å². The highest BCUT2D eigenvalue weighted by molar-refractivity contribution is 5.85. The first kappa shape index (κ1) is 17.6. The van der Waals surface area contributed by atoms with Gasteiger partial charge < -0.3 is 5.32 Å². The standard InChI is InChI=1S/C13H19F2N5.ClH/c1-3-19-5-4-12(18-19)8-16-6-11-7-17-20(10(11)2)9-13(14)15;/h4-5,7,13,16H,3,6,8-9H2,1-2H3;1H. The van der Waals surface area contributed by atoms with Crippen LogP contribution in [-0.4, -0.2) is 26.0 Å². The van der Waals surface area contributed by atoms with Gasteiger partial charge in [0.25, 0.3) is 6.43 Å². The van der Waals surface area contributed by atoms with Gasteiger partial charge in [-0.25, -0.2) is 8.78 Å². The van der Waals surface area contributed by atoms with E-state index in [4.69, 9.17) is 0 Å². The van der Waals surface area contributed by atoms with Crippen LogP contribution in [0.5, 0.6) is 0 Å². The highest BCUT2D eigenvalue weighted by Crippen LogP contribution is 2.09. The molecule has 0 saturated heterocycles. The molecule has 0 radical (unpaired) electrons. The smallest absolute Gasteiger partial charge is 0.257 e. The number of halogens is 3. The zero-order valence-electron chi connectivity index (χ0n) is 12.1. The third-order valence-corrected chi connectivity index (χ3v) is 3.16. The molecule has 0 amide bonds. The molecule has 0 fully saturated rings. The second-order valence-electron chi connectivity index (χ2n) is 4.59. The average Bonchev–Trinajstić information content (AvgIpc) is 2.99. The lowest BCUT2D eigenvalue weighted by Gasteiger charge is -2.05. The summed E-state index contributed by atoms with van der Waals surface area (Å²) in [5, 5.41) is 11.6. The quantitative estimate of drug-likeness (QED) is 0.852. The van der Waals surface area contributed by atoms with Crippen molar-refractivity contribution in [2.45, 2.75) is 46.5 Å². The summed E-state index contributed by atoms with van der Waals surface area (Å²) in [7, 11) is 0. The number of hydrogen-bond donors (Lipinski definition) is 1. The van der Waals surface area contributed by atoms with E-state index >= 15 is 0 Å². The Balaban J connectivity index is 0.00000220. The van der Waals surface area contributed by atoms with E-state index in [0.717, 1.165) is 23.5 Å². The van der Waals surface area contributed by atoms with Gasteiger partial charge in [-0.1, -0.05) is 0 Å². The summed E-state index contributed by atoms with van der Waals surface area (Å²) in [5.74, 6) is 0.